The summed E-state index contributed by atoms with van der Waals surface area (Å²) < 4.78 is 5.74. The first kappa shape index (κ1) is 17.8. The van der Waals surface area contributed by atoms with E-state index in [0.29, 0.717) is 25.8 Å². The molecule has 0 aromatic carbocycles. The molecule has 1 rings (SSSR count). The molecule has 1 aliphatic carbocycles. The zero-order chi connectivity index (χ0) is 15.7. The number of carbonyl (C=O) groups excluding carboxylic acids is 1. The fourth-order valence-electron chi connectivity index (χ4n) is 2.49. The van der Waals surface area contributed by atoms with E-state index in [4.69, 9.17) is 9.84 Å². The van der Waals surface area contributed by atoms with Gasteiger partial charge in [0.25, 0.3) is 0 Å². The summed E-state index contributed by atoms with van der Waals surface area (Å²) in [7, 11) is 0. The highest BCUT2D eigenvalue weighted by molar-refractivity contribution is 5.75. The van der Waals surface area contributed by atoms with Gasteiger partial charge in [-0.3, -0.25) is 4.79 Å². The average Bonchev–Trinajstić information content (AvgIpc) is 2.49. The van der Waals surface area contributed by atoms with Gasteiger partial charge in [-0.15, -0.1) is 0 Å². The fourth-order valence-corrected chi connectivity index (χ4v) is 2.49. The van der Waals surface area contributed by atoms with E-state index in [1.165, 1.54) is 24.2 Å². The van der Waals surface area contributed by atoms with E-state index in [1.807, 2.05) is 6.92 Å². The van der Waals surface area contributed by atoms with Crippen LogP contribution in [0.15, 0.2) is 0 Å². The second kappa shape index (κ2) is 9.60. The van der Waals surface area contributed by atoms with Gasteiger partial charge in [-0.25, -0.2) is 4.79 Å². The average molecular weight is 300 g/mol. The lowest BCUT2D eigenvalue weighted by Gasteiger charge is -2.24. The molecule has 2 amide bonds. The quantitative estimate of drug-likeness (QED) is 0.673. The fraction of sp³-hybridized carbons (Fsp3) is 0.867. The molecule has 0 aliphatic heterocycles. The van der Waals surface area contributed by atoms with Gasteiger partial charge in [0.15, 0.2) is 0 Å². The molecule has 1 atom stereocenters. The molecule has 1 saturated carbocycles. The zero-order valence-corrected chi connectivity index (χ0v) is 13.1. The number of hydrogen-bond donors (Lipinski definition) is 2. The third-order valence-corrected chi connectivity index (χ3v) is 3.87. The predicted molar refractivity (Wildman–Crippen MR) is 80.3 cm³/mol. The Labute approximate surface area is 126 Å². The molecule has 2 N–H and O–H groups in total. The molecule has 0 spiro atoms. The summed E-state index contributed by atoms with van der Waals surface area (Å²) in [6.07, 6.45) is 6.33. The van der Waals surface area contributed by atoms with Gasteiger partial charge in [-0.2, -0.15) is 0 Å². The van der Waals surface area contributed by atoms with Crippen LogP contribution in [-0.4, -0.2) is 54.4 Å². The number of carboxylic acids is 1. The Morgan fingerprint density at radius 3 is 2.57 bits per heavy atom. The van der Waals surface area contributed by atoms with Crippen LogP contribution in [-0.2, 0) is 9.53 Å². The number of urea groups is 1. The van der Waals surface area contributed by atoms with Gasteiger partial charge in [0.1, 0.15) is 0 Å². The van der Waals surface area contributed by atoms with Crippen molar-refractivity contribution in [3.8, 4) is 0 Å². The van der Waals surface area contributed by atoms with E-state index >= 15 is 0 Å². The molecule has 0 radical (unpaired) electrons. The normalized spacial score (nSPS) is 17.2. The Hall–Kier alpha value is -1.30. The zero-order valence-electron chi connectivity index (χ0n) is 13.1. The first-order valence-corrected chi connectivity index (χ1v) is 7.91. The van der Waals surface area contributed by atoms with Gasteiger partial charge in [0.2, 0.25) is 0 Å². The summed E-state index contributed by atoms with van der Waals surface area (Å²) in [4.78, 5) is 24.3. The molecule has 0 heterocycles. The first-order chi connectivity index (χ1) is 10.0. The van der Waals surface area contributed by atoms with Crippen LogP contribution in [0.3, 0.4) is 0 Å². The number of hydrogen-bond acceptors (Lipinski definition) is 3. The van der Waals surface area contributed by atoms with Crippen LogP contribution < -0.4 is 5.32 Å². The van der Waals surface area contributed by atoms with Crippen LogP contribution in [0, 0.1) is 5.92 Å². The summed E-state index contributed by atoms with van der Waals surface area (Å²) in [6, 6.07) is -0.224. The summed E-state index contributed by atoms with van der Waals surface area (Å²) in [5.74, 6) is -1.45. The molecule has 6 nitrogen and oxygen atoms in total. The maximum Gasteiger partial charge on any atom is 0.317 e. The van der Waals surface area contributed by atoms with E-state index in [9.17, 15) is 9.59 Å². The van der Waals surface area contributed by atoms with Crippen molar-refractivity contribution in [2.75, 3.05) is 26.2 Å². The Balaban J connectivity index is 2.19. The van der Waals surface area contributed by atoms with Gasteiger partial charge in [0.05, 0.1) is 18.6 Å². The molecular formula is C15H28N2O4. The summed E-state index contributed by atoms with van der Waals surface area (Å²) in [6.45, 7) is 5.14. The second-order valence-electron chi connectivity index (χ2n) is 5.64. The van der Waals surface area contributed by atoms with Crippen molar-refractivity contribution in [2.45, 2.75) is 52.1 Å². The molecule has 1 unspecified atom stereocenters. The third-order valence-electron chi connectivity index (χ3n) is 3.87. The Kier molecular flexibility index (Phi) is 8.12. The number of carboxylic acid groups (broad SMARTS) is 1. The molecule has 122 valence electrons. The molecule has 0 saturated heterocycles. The smallest absolute Gasteiger partial charge is 0.317 e. The molecule has 1 fully saturated rings. The van der Waals surface area contributed by atoms with Crippen LogP contribution in [0.4, 0.5) is 4.79 Å². The molecule has 0 aromatic heterocycles. The van der Waals surface area contributed by atoms with Crippen LogP contribution in [0.5, 0.6) is 0 Å². The van der Waals surface area contributed by atoms with Crippen molar-refractivity contribution in [3.05, 3.63) is 0 Å². The lowest BCUT2D eigenvalue weighted by molar-refractivity contribution is -0.141. The summed E-state index contributed by atoms with van der Waals surface area (Å²) >= 11 is 0. The molecular weight excluding hydrogens is 272 g/mol. The van der Waals surface area contributed by atoms with Gasteiger partial charge in [0, 0.05) is 19.6 Å². The van der Waals surface area contributed by atoms with Crippen molar-refractivity contribution < 1.29 is 19.4 Å². The standard InChI is InChI=1S/C15H28N2O4/c1-3-17(11-12(2)14(18)19)15(20)16-9-10-21-13-7-5-4-6-8-13/h12-13H,3-11H2,1-2H3,(H,16,20)(H,18,19). The van der Waals surface area contributed by atoms with Crippen molar-refractivity contribution >= 4 is 12.0 Å². The first-order valence-electron chi connectivity index (χ1n) is 7.91. The molecule has 1 aliphatic rings. The van der Waals surface area contributed by atoms with E-state index < -0.39 is 11.9 Å². The van der Waals surface area contributed by atoms with E-state index in [-0.39, 0.29) is 12.6 Å². The molecule has 21 heavy (non-hydrogen) atoms. The van der Waals surface area contributed by atoms with Gasteiger partial charge in [-0.1, -0.05) is 26.2 Å². The number of rotatable bonds is 8. The SMILES string of the molecule is CCN(CC(C)C(=O)O)C(=O)NCCOC1CCCCC1. The van der Waals surface area contributed by atoms with Gasteiger partial charge >= 0.3 is 12.0 Å². The van der Waals surface area contributed by atoms with E-state index in [1.54, 1.807) is 6.92 Å². The maximum atomic E-state index is 11.9. The molecule has 0 aromatic rings. The van der Waals surface area contributed by atoms with Crippen LogP contribution in [0.2, 0.25) is 0 Å². The predicted octanol–water partition coefficient (Wildman–Crippen LogP) is 2.09. The van der Waals surface area contributed by atoms with Crippen molar-refractivity contribution in [1.29, 1.82) is 0 Å². The lowest BCUT2D eigenvalue weighted by atomic mass is 9.98. The van der Waals surface area contributed by atoms with Gasteiger partial charge in [-0.05, 0) is 19.8 Å². The summed E-state index contributed by atoms with van der Waals surface area (Å²) in [5.41, 5.74) is 0. The van der Waals surface area contributed by atoms with Crippen molar-refractivity contribution in [2.24, 2.45) is 5.92 Å². The highest BCUT2D eigenvalue weighted by Crippen LogP contribution is 2.19. The summed E-state index contributed by atoms with van der Waals surface area (Å²) in [5, 5.41) is 11.7. The topological polar surface area (TPSA) is 78.9 Å². The molecule has 0 bridgehead atoms. The van der Waals surface area contributed by atoms with Crippen LogP contribution in [0.1, 0.15) is 46.0 Å². The van der Waals surface area contributed by atoms with E-state index in [0.717, 1.165) is 12.8 Å². The minimum Gasteiger partial charge on any atom is -0.481 e. The minimum absolute atomic E-state index is 0.223. The highest BCUT2D eigenvalue weighted by atomic mass is 16.5. The molecule has 6 heteroatoms. The number of nitrogens with zero attached hydrogens (tertiary/aromatic N) is 1. The Bertz CT molecular complexity index is 330. The largest absolute Gasteiger partial charge is 0.481 e. The number of nitrogens with one attached hydrogen (secondary N) is 1. The second-order valence-corrected chi connectivity index (χ2v) is 5.64. The minimum atomic E-state index is -0.887. The number of ether oxygens (including phenoxy) is 1. The number of carbonyl (C=O) groups is 2. The Morgan fingerprint density at radius 1 is 1.33 bits per heavy atom. The number of amides is 2. The van der Waals surface area contributed by atoms with E-state index in [2.05, 4.69) is 5.32 Å². The highest BCUT2D eigenvalue weighted by Gasteiger charge is 2.19. The maximum absolute atomic E-state index is 11.9. The lowest BCUT2D eigenvalue weighted by Crippen LogP contribution is -2.44. The third kappa shape index (κ3) is 6.80. The Morgan fingerprint density at radius 2 is 2.00 bits per heavy atom. The van der Waals surface area contributed by atoms with Crippen molar-refractivity contribution in [3.63, 3.8) is 0 Å². The monoisotopic (exact) mass is 300 g/mol. The van der Waals surface area contributed by atoms with Crippen molar-refractivity contribution in [1.82, 2.24) is 10.2 Å². The van der Waals surface area contributed by atoms with Crippen LogP contribution >= 0.6 is 0 Å². The van der Waals surface area contributed by atoms with Gasteiger partial charge < -0.3 is 20.1 Å². The van der Waals surface area contributed by atoms with Crippen LogP contribution in [0.25, 0.3) is 0 Å². The number of aliphatic carboxylic acids is 1.